The summed E-state index contributed by atoms with van der Waals surface area (Å²) in [5.41, 5.74) is 3.11. The van der Waals surface area contributed by atoms with Gasteiger partial charge in [-0.05, 0) is 42.0 Å². The van der Waals surface area contributed by atoms with Crippen molar-refractivity contribution in [2.75, 3.05) is 6.61 Å². The summed E-state index contributed by atoms with van der Waals surface area (Å²) in [7, 11) is 0. The van der Waals surface area contributed by atoms with Gasteiger partial charge in [0.25, 0.3) is 5.91 Å². The summed E-state index contributed by atoms with van der Waals surface area (Å²) in [5.74, 6) is -0.481. The van der Waals surface area contributed by atoms with E-state index in [4.69, 9.17) is 4.74 Å². The lowest BCUT2D eigenvalue weighted by atomic mass is 9.84. The zero-order valence-electron chi connectivity index (χ0n) is 19.8. The van der Waals surface area contributed by atoms with Gasteiger partial charge in [0.05, 0.1) is 12.5 Å². The van der Waals surface area contributed by atoms with Crippen LogP contribution in [0.3, 0.4) is 0 Å². The number of ketones is 1. The van der Waals surface area contributed by atoms with Gasteiger partial charge >= 0.3 is 5.97 Å². The molecule has 35 heavy (non-hydrogen) atoms. The number of carbonyl (C=O) groups is 3. The zero-order valence-corrected chi connectivity index (χ0v) is 19.8. The Hall–Kier alpha value is -3.73. The maximum Gasteiger partial charge on any atom is 0.308 e. The molecule has 180 valence electrons. The van der Waals surface area contributed by atoms with Crippen LogP contribution in [0.4, 0.5) is 0 Å². The fourth-order valence-electron chi connectivity index (χ4n) is 4.60. The Morgan fingerprint density at radius 1 is 0.771 bits per heavy atom. The Morgan fingerprint density at radius 2 is 1.40 bits per heavy atom. The third-order valence-corrected chi connectivity index (χ3v) is 6.59. The standard InChI is InChI=1S/C30H31NO4/c32-28(25-18-16-23(17-19-25)22-10-4-1-5-11-22)21-35-29(33)20-27(24-12-6-2-7-13-24)31-30(34)26-14-8-3-9-15-26/h2-3,6-9,12-19,22,27H,1,4-5,10-11,20-21H2,(H,31,34)/t27-/m1/s1. The molecule has 1 N–H and O–H groups in total. The average molecular weight is 470 g/mol. The van der Waals surface area contributed by atoms with Gasteiger partial charge in [-0.25, -0.2) is 0 Å². The van der Waals surface area contributed by atoms with Gasteiger partial charge in [0.2, 0.25) is 0 Å². The second-order valence-electron chi connectivity index (χ2n) is 9.05. The average Bonchev–Trinajstić information content (AvgIpc) is 2.93. The molecular weight excluding hydrogens is 438 g/mol. The van der Waals surface area contributed by atoms with Gasteiger partial charge in [0, 0.05) is 11.1 Å². The molecule has 0 heterocycles. The van der Waals surface area contributed by atoms with Crippen LogP contribution in [0.15, 0.2) is 84.9 Å². The van der Waals surface area contributed by atoms with Gasteiger partial charge in [-0.2, -0.15) is 0 Å². The van der Waals surface area contributed by atoms with E-state index in [2.05, 4.69) is 5.32 Å². The summed E-state index contributed by atoms with van der Waals surface area (Å²) in [5, 5.41) is 2.91. The molecule has 4 rings (SSSR count). The van der Waals surface area contributed by atoms with Gasteiger partial charge in [0.1, 0.15) is 0 Å². The van der Waals surface area contributed by atoms with E-state index in [9.17, 15) is 14.4 Å². The minimum absolute atomic E-state index is 0.0729. The normalized spacial score (nSPS) is 14.6. The maximum atomic E-state index is 12.7. The highest BCUT2D eigenvalue weighted by atomic mass is 16.5. The molecule has 0 aliphatic heterocycles. The number of hydrogen-bond donors (Lipinski definition) is 1. The van der Waals surface area contributed by atoms with Crippen molar-refractivity contribution >= 4 is 17.7 Å². The smallest absolute Gasteiger partial charge is 0.308 e. The summed E-state index contributed by atoms with van der Waals surface area (Å²) < 4.78 is 5.30. The highest BCUT2D eigenvalue weighted by Crippen LogP contribution is 2.32. The number of carbonyl (C=O) groups excluding carboxylic acids is 3. The van der Waals surface area contributed by atoms with Crippen LogP contribution in [-0.4, -0.2) is 24.3 Å². The first-order valence-corrected chi connectivity index (χ1v) is 12.3. The SMILES string of the molecule is O=C(C[C@@H](NC(=O)c1ccccc1)c1ccccc1)OCC(=O)c1ccc(C2CCCCC2)cc1. The van der Waals surface area contributed by atoms with Crippen molar-refractivity contribution in [1.82, 2.24) is 5.32 Å². The molecule has 0 saturated heterocycles. The molecule has 3 aromatic rings. The molecule has 0 spiro atoms. The van der Waals surface area contributed by atoms with E-state index in [1.165, 1.54) is 37.7 Å². The van der Waals surface area contributed by atoms with Crippen LogP contribution in [0.5, 0.6) is 0 Å². The highest BCUT2D eigenvalue weighted by Gasteiger charge is 2.21. The van der Waals surface area contributed by atoms with Crippen LogP contribution in [0.1, 0.15) is 82.3 Å². The first kappa shape index (κ1) is 24.4. The Bertz CT molecular complexity index is 1120. The number of esters is 1. The van der Waals surface area contributed by atoms with Crippen LogP contribution in [0, 0.1) is 0 Å². The molecule has 0 unspecified atom stereocenters. The molecule has 1 aliphatic rings. The topological polar surface area (TPSA) is 72.5 Å². The van der Waals surface area contributed by atoms with Crippen molar-refractivity contribution in [2.45, 2.75) is 50.5 Å². The molecule has 1 saturated carbocycles. The van der Waals surface area contributed by atoms with Crippen LogP contribution < -0.4 is 5.32 Å². The van der Waals surface area contributed by atoms with E-state index in [0.29, 0.717) is 17.0 Å². The van der Waals surface area contributed by atoms with Crippen molar-refractivity contribution in [1.29, 1.82) is 0 Å². The fraction of sp³-hybridized carbons (Fsp3) is 0.300. The van der Waals surface area contributed by atoms with E-state index >= 15 is 0 Å². The second-order valence-corrected chi connectivity index (χ2v) is 9.05. The maximum absolute atomic E-state index is 12.7. The molecule has 0 radical (unpaired) electrons. The molecule has 1 amide bonds. The minimum Gasteiger partial charge on any atom is -0.457 e. The number of ether oxygens (including phenoxy) is 1. The monoisotopic (exact) mass is 469 g/mol. The molecule has 0 aromatic heterocycles. The molecule has 1 aliphatic carbocycles. The predicted octanol–water partition coefficient (Wildman–Crippen LogP) is 6.02. The van der Waals surface area contributed by atoms with E-state index in [-0.39, 0.29) is 24.7 Å². The summed E-state index contributed by atoms with van der Waals surface area (Å²) in [6.45, 7) is -0.324. The van der Waals surface area contributed by atoms with Crippen molar-refractivity contribution in [3.63, 3.8) is 0 Å². The Balaban J connectivity index is 1.34. The number of benzene rings is 3. The summed E-state index contributed by atoms with van der Waals surface area (Å²) in [6.07, 6.45) is 6.16. The number of rotatable bonds is 9. The van der Waals surface area contributed by atoms with Gasteiger partial charge in [-0.1, -0.05) is 92.1 Å². The molecule has 3 aromatic carbocycles. The van der Waals surface area contributed by atoms with Gasteiger partial charge in [-0.15, -0.1) is 0 Å². The number of hydrogen-bond acceptors (Lipinski definition) is 4. The third-order valence-electron chi connectivity index (χ3n) is 6.59. The first-order chi connectivity index (χ1) is 17.1. The molecule has 1 fully saturated rings. The lowest BCUT2D eigenvalue weighted by Crippen LogP contribution is -2.31. The van der Waals surface area contributed by atoms with Crippen molar-refractivity contribution in [3.05, 3.63) is 107 Å². The predicted molar refractivity (Wildman–Crippen MR) is 135 cm³/mol. The third kappa shape index (κ3) is 6.89. The van der Waals surface area contributed by atoms with Crippen LogP contribution >= 0.6 is 0 Å². The van der Waals surface area contributed by atoms with E-state index in [1.54, 1.807) is 24.3 Å². The molecule has 0 bridgehead atoms. The summed E-state index contributed by atoms with van der Waals surface area (Å²) in [4.78, 5) is 37.9. The summed E-state index contributed by atoms with van der Waals surface area (Å²) >= 11 is 0. The van der Waals surface area contributed by atoms with Crippen LogP contribution in [0.25, 0.3) is 0 Å². The van der Waals surface area contributed by atoms with E-state index in [1.807, 2.05) is 60.7 Å². The van der Waals surface area contributed by atoms with Crippen LogP contribution in [-0.2, 0) is 9.53 Å². The molecule has 1 atom stereocenters. The molecule has 5 nitrogen and oxygen atoms in total. The fourth-order valence-corrected chi connectivity index (χ4v) is 4.60. The van der Waals surface area contributed by atoms with E-state index < -0.39 is 12.0 Å². The first-order valence-electron chi connectivity index (χ1n) is 12.3. The van der Waals surface area contributed by atoms with Crippen molar-refractivity contribution in [2.24, 2.45) is 0 Å². The van der Waals surface area contributed by atoms with Gasteiger partial charge < -0.3 is 10.1 Å². The van der Waals surface area contributed by atoms with E-state index in [0.717, 1.165) is 5.56 Å². The zero-order chi connectivity index (χ0) is 24.5. The van der Waals surface area contributed by atoms with Crippen LogP contribution in [0.2, 0.25) is 0 Å². The Morgan fingerprint density at radius 3 is 2.06 bits per heavy atom. The highest BCUT2D eigenvalue weighted by molar-refractivity contribution is 5.98. The molecule has 5 heteroatoms. The number of nitrogens with one attached hydrogen (secondary N) is 1. The quantitative estimate of drug-likeness (QED) is 0.307. The number of amides is 1. The van der Waals surface area contributed by atoms with Gasteiger partial charge in [0.15, 0.2) is 12.4 Å². The molecular formula is C30H31NO4. The largest absolute Gasteiger partial charge is 0.457 e. The van der Waals surface area contributed by atoms with Crippen molar-refractivity contribution < 1.29 is 19.1 Å². The van der Waals surface area contributed by atoms with Crippen molar-refractivity contribution in [3.8, 4) is 0 Å². The second kappa shape index (κ2) is 12.1. The lowest BCUT2D eigenvalue weighted by molar-refractivity contribution is -0.143. The summed E-state index contributed by atoms with van der Waals surface area (Å²) in [6, 6.07) is 25.2. The minimum atomic E-state index is -0.568. The number of Topliss-reactive ketones (excluding diaryl/α,β-unsaturated/α-hetero) is 1. The Labute approximate surface area is 206 Å². The van der Waals surface area contributed by atoms with Gasteiger partial charge in [-0.3, -0.25) is 14.4 Å². The Kier molecular flexibility index (Phi) is 8.44. The lowest BCUT2D eigenvalue weighted by Gasteiger charge is -2.22.